The van der Waals surface area contributed by atoms with Gasteiger partial charge in [0.15, 0.2) is 0 Å². The molecule has 4 aromatic rings. The highest BCUT2D eigenvalue weighted by Gasteiger charge is 2.42. The van der Waals surface area contributed by atoms with Crippen LogP contribution in [0.1, 0.15) is 49.8 Å². The number of nitrogens with one attached hydrogen (secondary N) is 1. The summed E-state index contributed by atoms with van der Waals surface area (Å²) in [4.78, 5) is 33.1. The number of hydrogen-bond acceptors (Lipinski definition) is 8. The van der Waals surface area contributed by atoms with E-state index < -0.39 is 11.8 Å². The van der Waals surface area contributed by atoms with Gasteiger partial charge in [-0.3, -0.25) is 0 Å². The van der Waals surface area contributed by atoms with Gasteiger partial charge in [0.05, 0.1) is 39.1 Å². The molecule has 6 rings (SSSR count). The Bertz CT molecular complexity index is 1730. The SMILES string of the molecule is CC(C)(C)OC(=O)ON1CC(CN2CCNC2=O)C(c2ccc(OCCCOCc3ccccc3)cc2)C(OCc2ccc3ccccc3c2)C1. The van der Waals surface area contributed by atoms with E-state index in [1.54, 1.807) is 25.8 Å². The van der Waals surface area contributed by atoms with Crippen LogP contribution in [0.25, 0.3) is 10.8 Å². The topological polar surface area (TPSA) is 98.8 Å². The molecule has 0 spiro atoms. The molecule has 3 unspecified atom stereocenters. The number of carbonyl (C=O) groups is 2. The molecule has 2 saturated heterocycles. The second kappa shape index (κ2) is 17.0. The van der Waals surface area contributed by atoms with Gasteiger partial charge in [0.25, 0.3) is 0 Å². The third kappa shape index (κ3) is 10.4. The van der Waals surface area contributed by atoms with Crippen molar-refractivity contribution in [1.82, 2.24) is 15.3 Å². The first-order valence-electron chi connectivity index (χ1n) is 17.8. The molecule has 3 atom stereocenters. The molecule has 0 radical (unpaired) electrons. The van der Waals surface area contributed by atoms with Crippen molar-refractivity contribution in [3.63, 3.8) is 0 Å². The van der Waals surface area contributed by atoms with Crippen LogP contribution in [0.4, 0.5) is 9.59 Å². The lowest BCUT2D eigenvalue weighted by molar-refractivity contribution is -0.192. The van der Waals surface area contributed by atoms with Gasteiger partial charge in [-0.2, -0.15) is 0 Å². The normalized spacial score (nSPS) is 19.5. The van der Waals surface area contributed by atoms with Crippen molar-refractivity contribution in [1.29, 1.82) is 0 Å². The number of rotatable bonds is 14. The largest absolute Gasteiger partial charge is 0.528 e. The van der Waals surface area contributed by atoms with Gasteiger partial charge in [0, 0.05) is 44.4 Å². The van der Waals surface area contributed by atoms with E-state index in [0.29, 0.717) is 59.2 Å². The van der Waals surface area contributed by atoms with Crippen molar-refractivity contribution < 1.29 is 33.4 Å². The molecule has 2 fully saturated rings. The first-order chi connectivity index (χ1) is 24.7. The molecule has 2 amide bonds. The minimum atomic E-state index is -0.765. The fourth-order valence-corrected chi connectivity index (χ4v) is 6.73. The number of carbonyl (C=O) groups excluding carboxylic acids is 2. The molecule has 1 N–H and O–H groups in total. The molecule has 10 heteroatoms. The van der Waals surface area contributed by atoms with Crippen molar-refractivity contribution >= 4 is 23.0 Å². The second-order valence-corrected chi connectivity index (χ2v) is 14.2. The number of hydroxylamine groups is 2. The quantitative estimate of drug-likeness (QED) is 0.108. The number of hydrogen-bond donors (Lipinski definition) is 1. The fraction of sp³-hybridized carbons (Fsp3) is 0.415. The molecule has 0 saturated carbocycles. The minimum absolute atomic E-state index is 0.0935. The lowest BCUT2D eigenvalue weighted by atomic mass is 9.78. The summed E-state index contributed by atoms with van der Waals surface area (Å²) in [5.74, 6) is 0.564. The number of benzene rings is 4. The summed E-state index contributed by atoms with van der Waals surface area (Å²) in [6, 6.07) is 32.8. The van der Waals surface area contributed by atoms with Crippen LogP contribution in [0, 0.1) is 5.92 Å². The van der Waals surface area contributed by atoms with Gasteiger partial charge < -0.3 is 34.0 Å². The van der Waals surface area contributed by atoms with Crippen LogP contribution in [-0.2, 0) is 32.3 Å². The van der Waals surface area contributed by atoms with Gasteiger partial charge in [-0.05, 0) is 66.4 Å². The highest BCUT2D eigenvalue weighted by atomic mass is 16.8. The van der Waals surface area contributed by atoms with E-state index in [4.69, 9.17) is 23.8 Å². The third-order valence-corrected chi connectivity index (χ3v) is 9.08. The molecule has 51 heavy (non-hydrogen) atoms. The summed E-state index contributed by atoms with van der Waals surface area (Å²) in [7, 11) is 0. The molecule has 2 heterocycles. The van der Waals surface area contributed by atoms with Gasteiger partial charge >= 0.3 is 12.2 Å². The van der Waals surface area contributed by atoms with E-state index in [-0.39, 0.29) is 24.0 Å². The Balaban J connectivity index is 1.17. The third-order valence-electron chi connectivity index (χ3n) is 9.08. The Morgan fingerprint density at radius 3 is 2.35 bits per heavy atom. The first-order valence-corrected chi connectivity index (χ1v) is 17.8. The molecular formula is C41H49N3O7. The van der Waals surface area contributed by atoms with E-state index >= 15 is 0 Å². The zero-order valence-electron chi connectivity index (χ0n) is 29.8. The molecule has 2 aliphatic heterocycles. The molecular weight excluding hydrogens is 646 g/mol. The van der Waals surface area contributed by atoms with Crippen LogP contribution >= 0.6 is 0 Å². The van der Waals surface area contributed by atoms with Crippen LogP contribution in [0.3, 0.4) is 0 Å². The van der Waals surface area contributed by atoms with E-state index in [0.717, 1.165) is 34.2 Å². The van der Waals surface area contributed by atoms with Crippen LogP contribution < -0.4 is 10.1 Å². The predicted molar refractivity (Wildman–Crippen MR) is 195 cm³/mol. The Labute approximate surface area is 300 Å². The Hall–Kier alpha value is -4.64. The predicted octanol–water partition coefficient (Wildman–Crippen LogP) is 7.32. The monoisotopic (exact) mass is 695 g/mol. The number of fused-ring (bicyclic) bond motifs is 1. The molecule has 0 aliphatic carbocycles. The highest BCUT2D eigenvalue weighted by Crippen LogP contribution is 2.37. The molecule has 4 aromatic carbocycles. The number of urea groups is 1. The molecule has 0 aromatic heterocycles. The average molecular weight is 696 g/mol. The summed E-state index contributed by atoms with van der Waals surface area (Å²) in [5, 5.41) is 6.86. The van der Waals surface area contributed by atoms with Crippen molar-refractivity contribution in [3.05, 3.63) is 114 Å². The van der Waals surface area contributed by atoms with Gasteiger partial charge in [0.1, 0.15) is 11.4 Å². The molecule has 10 nitrogen and oxygen atoms in total. The van der Waals surface area contributed by atoms with Gasteiger partial charge in [-0.1, -0.05) is 78.9 Å². The molecule has 270 valence electrons. The second-order valence-electron chi connectivity index (χ2n) is 14.2. The zero-order valence-corrected chi connectivity index (χ0v) is 29.8. The number of nitrogens with zero attached hydrogens (tertiary/aromatic N) is 2. The molecule has 2 aliphatic rings. The van der Waals surface area contributed by atoms with E-state index in [2.05, 4.69) is 59.9 Å². The highest BCUT2D eigenvalue weighted by molar-refractivity contribution is 5.83. The summed E-state index contributed by atoms with van der Waals surface area (Å²) in [6.45, 7) is 9.94. The van der Waals surface area contributed by atoms with Crippen molar-refractivity contribution in [2.24, 2.45) is 5.92 Å². The number of ether oxygens (including phenoxy) is 4. The van der Waals surface area contributed by atoms with Crippen molar-refractivity contribution in [3.8, 4) is 5.75 Å². The summed E-state index contributed by atoms with van der Waals surface area (Å²) in [5.41, 5.74) is 2.57. The maximum Gasteiger partial charge on any atom is 0.528 e. The Morgan fingerprint density at radius 2 is 1.61 bits per heavy atom. The van der Waals surface area contributed by atoms with E-state index in [1.807, 2.05) is 47.4 Å². The van der Waals surface area contributed by atoms with Gasteiger partial charge in [0.2, 0.25) is 0 Å². The van der Waals surface area contributed by atoms with Gasteiger partial charge in [-0.15, -0.1) is 5.06 Å². The lowest BCUT2D eigenvalue weighted by Crippen LogP contribution is -2.53. The standard InChI is InChI=1S/C41H49N3O7/c1-41(2,3)50-40(46)51-44-26-35(25-43-21-20-42-39(43)45)38(37(27-44)49-29-31-14-15-32-12-7-8-13-34(32)24-31)33-16-18-36(19-17-33)48-23-9-22-47-28-30-10-5-4-6-11-30/h4-8,10-19,24,35,37-38H,9,20-23,25-29H2,1-3H3,(H,42,45). The van der Waals surface area contributed by atoms with E-state index in [9.17, 15) is 9.59 Å². The van der Waals surface area contributed by atoms with E-state index in [1.165, 1.54) is 5.39 Å². The minimum Gasteiger partial charge on any atom is -0.494 e. The van der Waals surface area contributed by atoms with Crippen molar-refractivity contribution in [2.45, 2.75) is 58.0 Å². The number of piperidine rings is 1. The number of amides is 2. The maximum absolute atomic E-state index is 12.8. The smallest absolute Gasteiger partial charge is 0.494 e. The summed E-state index contributed by atoms with van der Waals surface area (Å²) >= 11 is 0. The zero-order chi connectivity index (χ0) is 35.6. The van der Waals surface area contributed by atoms with Crippen LogP contribution in [0.5, 0.6) is 5.75 Å². The molecule has 0 bridgehead atoms. The maximum atomic E-state index is 12.8. The fourth-order valence-electron chi connectivity index (χ4n) is 6.73. The van der Waals surface area contributed by atoms with Crippen molar-refractivity contribution in [2.75, 3.05) is 45.9 Å². The first kappa shape index (κ1) is 36.2. The average Bonchev–Trinajstić information content (AvgIpc) is 3.52. The Kier molecular flexibility index (Phi) is 12.1. The van der Waals surface area contributed by atoms with Crippen LogP contribution in [0.15, 0.2) is 97.1 Å². The lowest BCUT2D eigenvalue weighted by Gasteiger charge is -2.43. The summed E-state index contributed by atoms with van der Waals surface area (Å²) in [6.07, 6.45) is -0.356. The van der Waals surface area contributed by atoms with Crippen LogP contribution in [0.2, 0.25) is 0 Å². The van der Waals surface area contributed by atoms with Gasteiger partial charge in [-0.25, -0.2) is 9.59 Å². The Morgan fingerprint density at radius 1 is 0.843 bits per heavy atom. The summed E-state index contributed by atoms with van der Waals surface area (Å²) < 4.78 is 24.1. The van der Waals surface area contributed by atoms with Crippen LogP contribution in [-0.4, -0.2) is 79.8 Å².